The molecule has 6 nitrogen and oxygen atoms in total. The SMILES string of the molecule is COc1ccc2c(c1)CN1Cc3cc(OC)ccc3O[Te]1(OC(C)C)O2. The van der Waals surface area contributed by atoms with Crippen LogP contribution in [0.15, 0.2) is 36.4 Å². The summed E-state index contributed by atoms with van der Waals surface area (Å²) in [6.45, 7) is 5.44. The van der Waals surface area contributed by atoms with Crippen LogP contribution < -0.4 is 15.7 Å². The average molecular weight is 473 g/mol. The van der Waals surface area contributed by atoms with Crippen molar-refractivity contribution in [2.45, 2.75) is 33.0 Å². The van der Waals surface area contributed by atoms with Gasteiger partial charge >= 0.3 is 159 Å². The Hall–Kier alpha value is -1.65. The zero-order valence-corrected chi connectivity index (χ0v) is 17.7. The number of nitrogens with zero attached hydrogens (tertiary/aromatic N) is 1. The van der Waals surface area contributed by atoms with E-state index in [0.717, 1.165) is 34.1 Å². The van der Waals surface area contributed by atoms with Gasteiger partial charge in [-0.05, 0) is 0 Å². The second-order valence-electron chi connectivity index (χ2n) is 6.48. The van der Waals surface area contributed by atoms with Gasteiger partial charge in [0.1, 0.15) is 0 Å². The summed E-state index contributed by atoms with van der Waals surface area (Å²) in [6, 6.07) is 11.7. The van der Waals surface area contributed by atoms with Gasteiger partial charge in [-0.2, -0.15) is 0 Å². The molecule has 0 aliphatic carbocycles. The predicted octanol–water partition coefficient (Wildman–Crippen LogP) is 3.35. The van der Waals surface area contributed by atoms with Gasteiger partial charge < -0.3 is 0 Å². The van der Waals surface area contributed by atoms with Gasteiger partial charge in [0.15, 0.2) is 0 Å². The third-order valence-corrected chi connectivity index (χ3v) is 10.8. The van der Waals surface area contributed by atoms with Crippen LogP contribution in [0, 0.1) is 0 Å². The standard InChI is InChI=1S/C19H23NO5Te/c1-13(2)23-26-20(11-14-9-16(21-3)5-7-18(14)24-26)12-15-10-17(22-4)6-8-19(15)25-26/h5-10,13H,11-12H2,1-4H3. The molecule has 0 saturated carbocycles. The van der Waals surface area contributed by atoms with E-state index in [2.05, 4.69) is 3.15 Å². The van der Waals surface area contributed by atoms with Gasteiger partial charge in [-0.1, -0.05) is 0 Å². The Morgan fingerprint density at radius 2 is 1.38 bits per heavy atom. The molecule has 0 fully saturated rings. The summed E-state index contributed by atoms with van der Waals surface area (Å²) in [4.78, 5) is 0. The zero-order chi connectivity index (χ0) is 18.3. The summed E-state index contributed by atoms with van der Waals surface area (Å²) in [5, 5.41) is 0. The second kappa shape index (κ2) is 6.82. The van der Waals surface area contributed by atoms with Crippen LogP contribution in [-0.2, 0) is 16.2 Å². The van der Waals surface area contributed by atoms with E-state index in [0.29, 0.717) is 13.1 Å². The van der Waals surface area contributed by atoms with Crippen molar-refractivity contribution in [3.8, 4) is 23.0 Å². The molecule has 2 aliphatic heterocycles. The Morgan fingerprint density at radius 3 is 1.81 bits per heavy atom. The van der Waals surface area contributed by atoms with E-state index in [-0.39, 0.29) is 6.10 Å². The Morgan fingerprint density at radius 1 is 0.885 bits per heavy atom. The second-order valence-corrected chi connectivity index (χ2v) is 11.9. The van der Waals surface area contributed by atoms with Crippen molar-refractivity contribution in [3.05, 3.63) is 47.5 Å². The van der Waals surface area contributed by atoms with E-state index in [1.165, 1.54) is 0 Å². The monoisotopic (exact) mass is 475 g/mol. The Bertz CT molecular complexity index is 766. The first-order valence-electron chi connectivity index (χ1n) is 8.52. The molecule has 0 radical (unpaired) electrons. The number of benzene rings is 2. The molecule has 26 heavy (non-hydrogen) atoms. The zero-order valence-electron chi connectivity index (χ0n) is 15.4. The van der Waals surface area contributed by atoms with Crippen molar-refractivity contribution in [2.75, 3.05) is 14.2 Å². The molecule has 0 saturated heterocycles. The molecule has 0 aromatic heterocycles. The molecule has 0 N–H and O–H groups in total. The van der Waals surface area contributed by atoms with Crippen LogP contribution in [0.25, 0.3) is 0 Å². The van der Waals surface area contributed by atoms with Gasteiger partial charge in [-0.15, -0.1) is 0 Å². The summed E-state index contributed by atoms with van der Waals surface area (Å²) < 4.78 is 32.1. The quantitative estimate of drug-likeness (QED) is 0.636. The molecule has 2 heterocycles. The summed E-state index contributed by atoms with van der Waals surface area (Å²) in [5.41, 5.74) is 2.15. The molecule has 4 rings (SSSR count). The van der Waals surface area contributed by atoms with Crippen LogP contribution in [-0.4, -0.2) is 43.2 Å². The average Bonchev–Trinajstić information content (AvgIpc) is 2.63. The van der Waals surface area contributed by atoms with Gasteiger partial charge in [0, 0.05) is 0 Å². The topological polar surface area (TPSA) is 49.4 Å². The number of rotatable bonds is 4. The van der Waals surface area contributed by atoms with Gasteiger partial charge in [0.25, 0.3) is 0 Å². The number of hydrogen-bond acceptors (Lipinski definition) is 6. The Labute approximate surface area is 159 Å². The molecule has 0 bridgehead atoms. The molecular weight excluding hydrogens is 450 g/mol. The molecule has 2 aromatic rings. The summed E-state index contributed by atoms with van der Waals surface area (Å²) in [5.74, 6) is 3.27. The van der Waals surface area contributed by atoms with Crippen molar-refractivity contribution < 1.29 is 18.8 Å². The third-order valence-electron chi connectivity index (χ3n) is 4.25. The first-order valence-corrected chi connectivity index (χ1v) is 12.4. The summed E-state index contributed by atoms with van der Waals surface area (Å²) in [7, 11) is 3.34. The van der Waals surface area contributed by atoms with E-state index in [9.17, 15) is 0 Å². The van der Waals surface area contributed by atoms with Crippen LogP contribution in [0.5, 0.6) is 23.0 Å². The molecule has 0 unspecified atom stereocenters. The number of ether oxygens (including phenoxy) is 2. The van der Waals surface area contributed by atoms with Gasteiger partial charge in [0.05, 0.1) is 0 Å². The minimum atomic E-state index is -3.73. The number of hydrogen-bond donors (Lipinski definition) is 0. The van der Waals surface area contributed by atoms with Gasteiger partial charge in [0.2, 0.25) is 0 Å². The molecule has 140 valence electrons. The molecule has 0 spiro atoms. The first kappa shape index (κ1) is 17.7. The van der Waals surface area contributed by atoms with Crippen LogP contribution in [0.2, 0.25) is 0 Å². The van der Waals surface area contributed by atoms with Crippen molar-refractivity contribution in [1.82, 2.24) is 3.15 Å². The minimum absolute atomic E-state index is 0.0123. The summed E-state index contributed by atoms with van der Waals surface area (Å²) in [6.07, 6.45) is 0.0123. The first-order chi connectivity index (χ1) is 12.5. The third kappa shape index (κ3) is 3.10. The fourth-order valence-corrected chi connectivity index (χ4v) is 9.64. The van der Waals surface area contributed by atoms with Gasteiger partial charge in [-0.25, -0.2) is 0 Å². The van der Waals surface area contributed by atoms with Gasteiger partial charge in [-0.3, -0.25) is 0 Å². The van der Waals surface area contributed by atoms with Crippen molar-refractivity contribution in [3.63, 3.8) is 0 Å². The molecular formula is C19H23NO5Te. The molecule has 2 aliphatic rings. The van der Waals surface area contributed by atoms with E-state index in [4.69, 9.17) is 18.8 Å². The van der Waals surface area contributed by atoms with E-state index in [1.54, 1.807) is 14.2 Å². The van der Waals surface area contributed by atoms with E-state index >= 15 is 0 Å². The Kier molecular flexibility index (Phi) is 4.66. The molecule has 0 atom stereocenters. The predicted molar refractivity (Wildman–Crippen MR) is 98.5 cm³/mol. The van der Waals surface area contributed by atoms with E-state index < -0.39 is 19.7 Å². The molecule has 2 aromatic carbocycles. The summed E-state index contributed by atoms with van der Waals surface area (Å²) >= 11 is -3.73. The molecule has 7 heteroatoms. The van der Waals surface area contributed by atoms with Crippen LogP contribution in [0.4, 0.5) is 0 Å². The number of fused-ring (bicyclic) bond motifs is 3. The van der Waals surface area contributed by atoms with E-state index in [1.807, 2.05) is 50.2 Å². The van der Waals surface area contributed by atoms with Crippen LogP contribution in [0.3, 0.4) is 0 Å². The maximum atomic E-state index is 6.43. The maximum absolute atomic E-state index is 6.43. The van der Waals surface area contributed by atoms with Crippen LogP contribution in [0.1, 0.15) is 25.0 Å². The van der Waals surface area contributed by atoms with Crippen molar-refractivity contribution in [1.29, 1.82) is 0 Å². The van der Waals surface area contributed by atoms with Crippen molar-refractivity contribution >= 4 is 19.7 Å². The van der Waals surface area contributed by atoms with Crippen molar-refractivity contribution in [2.24, 2.45) is 0 Å². The fraction of sp³-hybridized carbons (Fsp3) is 0.368. The molecule has 0 amide bonds. The Balaban J connectivity index is 1.75. The van der Waals surface area contributed by atoms with Crippen LogP contribution >= 0.6 is 0 Å². The fourth-order valence-electron chi connectivity index (χ4n) is 3.06. The normalized spacial score (nSPS) is 18.7. The number of methoxy groups -OCH3 is 2.